The predicted molar refractivity (Wildman–Crippen MR) is 118 cm³/mol. The van der Waals surface area contributed by atoms with E-state index in [1.807, 2.05) is 0 Å². The summed E-state index contributed by atoms with van der Waals surface area (Å²) >= 11 is -0.304. The Bertz CT molecular complexity index is 831. The molecule has 3 heteroatoms. The van der Waals surface area contributed by atoms with Gasteiger partial charge in [0.1, 0.15) is 0 Å². The molecule has 0 atom stereocenters. The van der Waals surface area contributed by atoms with Crippen LogP contribution in [0.1, 0.15) is 33.4 Å². The second-order valence-electron chi connectivity index (χ2n) is 7.29. The van der Waals surface area contributed by atoms with Crippen LogP contribution in [0.15, 0.2) is 54.6 Å². The Morgan fingerprint density at radius 1 is 0.593 bits per heavy atom. The Labute approximate surface area is 187 Å². The minimum absolute atomic E-state index is 0. The number of benzene rings is 3. The van der Waals surface area contributed by atoms with Gasteiger partial charge in [0.05, 0.1) is 0 Å². The van der Waals surface area contributed by atoms with E-state index >= 15 is 0 Å². The maximum atomic E-state index is 2.38. The molecule has 0 nitrogen and oxygen atoms in total. The van der Waals surface area contributed by atoms with E-state index in [4.69, 9.17) is 0 Å². The van der Waals surface area contributed by atoms with Gasteiger partial charge in [-0.25, -0.2) is 0 Å². The standard InChI is InChI=1S/C24H27SiTe.Li/c1-16-12-18(3)23(19(4)13-16)25(26-22-10-8-7-9-11-22)24-20(5)14-17(2)15-21(24)6;/h7-15H,1-6H3;/q-1;+1. The van der Waals surface area contributed by atoms with Gasteiger partial charge in [-0.05, 0) is 0 Å². The van der Waals surface area contributed by atoms with Crippen LogP contribution in [0.25, 0.3) is 0 Å². The molecule has 3 rings (SSSR count). The molecule has 0 aliphatic heterocycles. The van der Waals surface area contributed by atoms with Crippen molar-refractivity contribution in [2.75, 3.05) is 0 Å². The van der Waals surface area contributed by atoms with Crippen molar-refractivity contribution in [1.29, 1.82) is 0 Å². The van der Waals surface area contributed by atoms with Crippen molar-refractivity contribution in [3.63, 3.8) is 0 Å². The number of aryl methyl sites for hydroxylation is 6. The molecule has 0 N–H and O–H groups in total. The molecule has 3 aromatic carbocycles. The SMILES string of the molecule is Cc1cc(C)c([Si-]([Te]c2ccccc2)c2c(C)cc(C)cc2C)c(C)c1.[Li+]. The molecule has 0 fully saturated rings. The van der Waals surface area contributed by atoms with Crippen LogP contribution in [0.4, 0.5) is 0 Å². The third kappa shape index (κ3) is 5.20. The maximum Gasteiger partial charge on any atom is 1.00 e. The van der Waals surface area contributed by atoms with Crippen molar-refractivity contribution in [3.8, 4) is 0 Å². The fraction of sp³-hybridized carbons (Fsp3) is 0.250. The first-order valence-corrected chi connectivity index (χ1v) is 15.2. The van der Waals surface area contributed by atoms with E-state index in [2.05, 4.69) is 96.1 Å². The molecule has 0 saturated heterocycles. The minimum atomic E-state index is -0.775. The van der Waals surface area contributed by atoms with Crippen molar-refractivity contribution < 1.29 is 18.9 Å². The van der Waals surface area contributed by atoms with Crippen LogP contribution < -0.4 is 32.8 Å². The molecule has 0 bridgehead atoms. The molecular formula is C24H27LiSiTe. The van der Waals surface area contributed by atoms with Crippen LogP contribution in [0.3, 0.4) is 0 Å². The summed E-state index contributed by atoms with van der Waals surface area (Å²) in [7, 11) is 0. The van der Waals surface area contributed by atoms with Gasteiger partial charge in [-0.3, -0.25) is 0 Å². The second kappa shape index (κ2) is 9.65. The third-order valence-electron chi connectivity index (χ3n) is 4.77. The summed E-state index contributed by atoms with van der Waals surface area (Å²) in [6.07, 6.45) is -0.775. The Balaban J connectivity index is 0.00000261. The molecule has 0 heterocycles. The zero-order chi connectivity index (χ0) is 18.8. The van der Waals surface area contributed by atoms with Crippen molar-refractivity contribution >= 4 is 40.5 Å². The molecule has 0 aromatic heterocycles. The second-order valence-corrected chi connectivity index (χ2v) is 15.7. The van der Waals surface area contributed by atoms with Crippen LogP contribution in [0.2, 0.25) is 0 Å². The summed E-state index contributed by atoms with van der Waals surface area (Å²) in [6, 6.07) is 20.7. The molecule has 0 unspecified atom stereocenters. The number of rotatable bonds is 4. The van der Waals surface area contributed by atoms with Crippen molar-refractivity contribution in [1.82, 2.24) is 0 Å². The van der Waals surface area contributed by atoms with E-state index in [0.717, 1.165) is 0 Å². The van der Waals surface area contributed by atoms with Crippen LogP contribution in [0, 0.1) is 41.5 Å². The van der Waals surface area contributed by atoms with E-state index in [1.54, 1.807) is 14.0 Å². The Morgan fingerprint density at radius 2 is 0.963 bits per heavy atom. The van der Waals surface area contributed by atoms with Gasteiger partial charge in [0.25, 0.3) is 0 Å². The zero-order valence-electron chi connectivity index (χ0n) is 17.6. The van der Waals surface area contributed by atoms with Gasteiger partial charge in [0, 0.05) is 0 Å². The van der Waals surface area contributed by atoms with E-state index in [-0.39, 0.29) is 39.0 Å². The minimum Gasteiger partial charge on any atom is 1.00 e. The average Bonchev–Trinajstić information content (AvgIpc) is 2.53. The molecule has 134 valence electrons. The molecule has 0 aliphatic rings. The third-order valence-corrected chi connectivity index (χ3v) is 15.7. The maximum absolute atomic E-state index is 2.38. The van der Waals surface area contributed by atoms with Crippen molar-refractivity contribution in [3.05, 3.63) is 88.0 Å². The first-order chi connectivity index (χ1) is 12.4. The van der Waals surface area contributed by atoms with Gasteiger partial charge in [0.2, 0.25) is 0 Å². The predicted octanol–water partition coefficient (Wildman–Crippen LogP) is 0.677. The number of hydrogen-bond acceptors (Lipinski definition) is 0. The van der Waals surface area contributed by atoms with Crippen LogP contribution in [-0.4, -0.2) is 26.5 Å². The first kappa shape index (κ1) is 22.6. The average molecular weight is 478 g/mol. The van der Waals surface area contributed by atoms with E-state index in [9.17, 15) is 0 Å². The largest absolute Gasteiger partial charge is 1.00 e. The molecular weight excluding hydrogens is 451 g/mol. The summed E-state index contributed by atoms with van der Waals surface area (Å²) in [5.74, 6) is 0. The number of hydrogen-bond donors (Lipinski definition) is 0. The van der Waals surface area contributed by atoms with Gasteiger partial charge in [-0.1, -0.05) is 0 Å². The molecule has 3 aromatic rings. The topological polar surface area (TPSA) is 0 Å². The van der Waals surface area contributed by atoms with Gasteiger partial charge in [-0.15, -0.1) is 0 Å². The Morgan fingerprint density at radius 3 is 1.33 bits per heavy atom. The molecule has 0 aliphatic carbocycles. The normalized spacial score (nSPS) is 10.4. The summed E-state index contributed by atoms with van der Waals surface area (Å²) in [5.41, 5.74) is 8.69. The van der Waals surface area contributed by atoms with Crippen molar-refractivity contribution in [2.45, 2.75) is 41.5 Å². The Hall–Kier alpha value is -0.736. The van der Waals surface area contributed by atoms with Gasteiger partial charge < -0.3 is 0 Å². The van der Waals surface area contributed by atoms with Crippen LogP contribution >= 0.6 is 0 Å². The summed E-state index contributed by atoms with van der Waals surface area (Å²) < 4.78 is 1.57. The monoisotopic (exact) mass is 480 g/mol. The van der Waals surface area contributed by atoms with Gasteiger partial charge in [0.15, 0.2) is 0 Å². The quantitative estimate of drug-likeness (QED) is 0.485. The van der Waals surface area contributed by atoms with Gasteiger partial charge in [-0.2, -0.15) is 0 Å². The first-order valence-electron chi connectivity index (χ1n) is 9.13. The summed E-state index contributed by atoms with van der Waals surface area (Å²) in [5, 5.41) is 3.31. The zero-order valence-corrected chi connectivity index (χ0v) is 20.9. The van der Waals surface area contributed by atoms with E-state index in [0.29, 0.717) is 0 Å². The van der Waals surface area contributed by atoms with Crippen LogP contribution in [0.5, 0.6) is 0 Å². The molecule has 0 amide bonds. The molecule has 27 heavy (non-hydrogen) atoms. The fourth-order valence-corrected chi connectivity index (χ4v) is 17.4. The van der Waals surface area contributed by atoms with E-state index < -0.39 is 6.34 Å². The molecule has 0 saturated carbocycles. The van der Waals surface area contributed by atoms with E-state index in [1.165, 1.54) is 33.4 Å². The summed E-state index contributed by atoms with van der Waals surface area (Å²) in [6.45, 7) is 13.7. The van der Waals surface area contributed by atoms with Crippen molar-refractivity contribution in [2.24, 2.45) is 0 Å². The fourth-order valence-electron chi connectivity index (χ4n) is 3.91. The molecule has 0 spiro atoms. The summed E-state index contributed by atoms with van der Waals surface area (Å²) in [4.78, 5) is 0. The Kier molecular flexibility index (Phi) is 8.06. The van der Waals surface area contributed by atoms with Crippen LogP contribution in [-0.2, 0) is 0 Å². The molecule has 0 radical (unpaired) electrons. The smallest absolute Gasteiger partial charge is 1.00 e. The van der Waals surface area contributed by atoms with Gasteiger partial charge >= 0.3 is 189 Å².